The van der Waals surface area contributed by atoms with Gasteiger partial charge in [-0.25, -0.2) is 14.5 Å². The van der Waals surface area contributed by atoms with Crippen molar-refractivity contribution in [2.75, 3.05) is 0 Å². The number of para-hydroxylation sites is 1. The number of carbonyl (C=O) groups is 1. The van der Waals surface area contributed by atoms with Gasteiger partial charge in [-0.3, -0.25) is 4.79 Å². The molecule has 0 saturated carbocycles. The van der Waals surface area contributed by atoms with Crippen molar-refractivity contribution in [2.24, 2.45) is 0 Å². The topological polar surface area (TPSA) is 90.0 Å². The predicted octanol–water partition coefficient (Wildman–Crippen LogP) is 2.92. The molecule has 0 aliphatic rings. The smallest absolute Gasteiger partial charge is 0.349 e. The largest absolute Gasteiger partial charge is 0.422 e. The van der Waals surface area contributed by atoms with E-state index < -0.39 is 11.5 Å². The number of fused-ring (bicyclic) bond motifs is 1. The van der Waals surface area contributed by atoms with Crippen molar-refractivity contribution >= 4 is 16.9 Å². The molecule has 0 spiro atoms. The van der Waals surface area contributed by atoms with E-state index in [-0.39, 0.29) is 12.1 Å². The summed E-state index contributed by atoms with van der Waals surface area (Å²) in [4.78, 5) is 28.9. The zero-order valence-electron chi connectivity index (χ0n) is 15.5. The lowest BCUT2D eigenvalue weighted by Gasteiger charge is -2.07. The van der Waals surface area contributed by atoms with Crippen molar-refractivity contribution in [1.82, 2.24) is 20.1 Å². The molecule has 28 heavy (non-hydrogen) atoms. The predicted molar refractivity (Wildman–Crippen MR) is 104 cm³/mol. The van der Waals surface area contributed by atoms with Gasteiger partial charge in [0.15, 0.2) is 5.82 Å². The number of benzene rings is 1. The van der Waals surface area contributed by atoms with E-state index in [9.17, 15) is 9.59 Å². The molecule has 3 aromatic heterocycles. The highest BCUT2D eigenvalue weighted by Crippen LogP contribution is 2.13. The minimum absolute atomic E-state index is 0.0223. The number of pyridine rings is 1. The van der Waals surface area contributed by atoms with Gasteiger partial charge in [0.25, 0.3) is 5.91 Å². The van der Waals surface area contributed by atoms with Gasteiger partial charge in [-0.2, -0.15) is 5.10 Å². The summed E-state index contributed by atoms with van der Waals surface area (Å²) in [5, 5.41) is 7.83. The maximum atomic E-state index is 12.4. The number of nitrogens with one attached hydrogen (secondary N) is 1. The zero-order valence-corrected chi connectivity index (χ0v) is 15.5. The number of carbonyl (C=O) groups excluding carboxylic acids is 1. The fourth-order valence-corrected chi connectivity index (χ4v) is 3.01. The minimum atomic E-state index is -0.658. The molecule has 0 aliphatic heterocycles. The second kappa shape index (κ2) is 7.11. The van der Waals surface area contributed by atoms with Crippen molar-refractivity contribution in [3.63, 3.8) is 0 Å². The highest BCUT2D eigenvalue weighted by Gasteiger charge is 2.13. The van der Waals surface area contributed by atoms with Crippen LogP contribution in [0.15, 0.2) is 63.9 Å². The number of amides is 1. The van der Waals surface area contributed by atoms with Crippen LogP contribution >= 0.6 is 0 Å². The molecule has 4 rings (SSSR count). The van der Waals surface area contributed by atoms with Gasteiger partial charge in [-0.15, -0.1) is 0 Å². The summed E-state index contributed by atoms with van der Waals surface area (Å²) in [6, 6.07) is 14.3. The van der Waals surface area contributed by atoms with Crippen LogP contribution in [-0.4, -0.2) is 20.7 Å². The number of hydrogen-bond acceptors (Lipinski definition) is 5. The quantitative estimate of drug-likeness (QED) is 0.555. The molecule has 7 nitrogen and oxygen atoms in total. The van der Waals surface area contributed by atoms with Crippen LogP contribution < -0.4 is 10.9 Å². The Labute approximate surface area is 160 Å². The summed E-state index contributed by atoms with van der Waals surface area (Å²) in [5.41, 5.74) is 2.50. The Balaban J connectivity index is 1.48. The van der Waals surface area contributed by atoms with Crippen LogP contribution in [0, 0.1) is 13.8 Å². The Morgan fingerprint density at radius 2 is 1.96 bits per heavy atom. The second-order valence-electron chi connectivity index (χ2n) is 6.53. The zero-order chi connectivity index (χ0) is 19.7. The van der Waals surface area contributed by atoms with Crippen molar-refractivity contribution in [3.8, 4) is 5.82 Å². The minimum Gasteiger partial charge on any atom is -0.422 e. The van der Waals surface area contributed by atoms with Gasteiger partial charge in [-0.05, 0) is 43.7 Å². The first kappa shape index (κ1) is 17.7. The number of rotatable bonds is 4. The third kappa shape index (κ3) is 3.42. The Morgan fingerprint density at radius 1 is 1.14 bits per heavy atom. The van der Waals surface area contributed by atoms with Crippen LogP contribution in [0.1, 0.15) is 27.3 Å². The summed E-state index contributed by atoms with van der Waals surface area (Å²) in [5.74, 6) is 0.220. The molecule has 0 aliphatic carbocycles. The van der Waals surface area contributed by atoms with Gasteiger partial charge in [0.05, 0.1) is 5.69 Å². The lowest BCUT2D eigenvalue weighted by Crippen LogP contribution is -2.27. The van der Waals surface area contributed by atoms with Crippen LogP contribution in [0.3, 0.4) is 0 Å². The highest BCUT2D eigenvalue weighted by atomic mass is 16.4. The normalized spacial score (nSPS) is 10.9. The van der Waals surface area contributed by atoms with Gasteiger partial charge < -0.3 is 9.73 Å². The molecule has 0 unspecified atom stereocenters. The van der Waals surface area contributed by atoms with E-state index >= 15 is 0 Å². The fraction of sp³-hybridized carbons (Fsp3) is 0.143. The average molecular weight is 374 g/mol. The molecular formula is C21H18N4O3. The molecule has 1 N–H and O–H groups in total. The van der Waals surface area contributed by atoms with Crippen LogP contribution in [0.2, 0.25) is 0 Å². The van der Waals surface area contributed by atoms with Crippen molar-refractivity contribution in [2.45, 2.75) is 20.4 Å². The third-order valence-corrected chi connectivity index (χ3v) is 4.37. The SMILES string of the molecule is Cc1cc(C)n(-c2ccc(CNC(=O)c3cc4ccccc4oc3=O)cn2)n1. The van der Waals surface area contributed by atoms with Crippen LogP contribution in [0.4, 0.5) is 0 Å². The Hall–Kier alpha value is -3.74. The first-order chi connectivity index (χ1) is 13.5. The first-order valence-corrected chi connectivity index (χ1v) is 8.81. The second-order valence-corrected chi connectivity index (χ2v) is 6.53. The molecule has 4 aromatic rings. The molecule has 3 heterocycles. The van der Waals surface area contributed by atoms with E-state index in [1.165, 1.54) is 0 Å². The molecule has 0 bridgehead atoms. The van der Waals surface area contributed by atoms with Gasteiger partial charge in [0.2, 0.25) is 0 Å². The van der Waals surface area contributed by atoms with Crippen molar-refractivity contribution in [3.05, 3.63) is 87.7 Å². The highest BCUT2D eigenvalue weighted by molar-refractivity contribution is 5.96. The van der Waals surface area contributed by atoms with Crippen LogP contribution in [-0.2, 0) is 6.54 Å². The maximum absolute atomic E-state index is 12.4. The summed E-state index contributed by atoms with van der Waals surface area (Å²) >= 11 is 0. The fourth-order valence-electron chi connectivity index (χ4n) is 3.01. The van der Waals surface area contributed by atoms with E-state index in [4.69, 9.17) is 4.42 Å². The molecule has 140 valence electrons. The van der Waals surface area contributed by atoms with E-state index in [1.807, 2.05) is 38.1 Å². The van der Waals surface area contributed by atoms with Gasteiger partial charge >= 0.3 is 5.63 Å². The summed E-state index contributed by atoms with van der Waals surface area (Å²) in [6.07, 6.45) is 1.68. The summed E-state index contributed by atoms with van der Waals surface area (Å²) in [7, 11) is 0. The summed E-state index contributed by atoms with van der Waals surface area (Å²) < 4.78 is 6.97. The third-order valence-electron chi connectivity index (χ3n) is 4.37. The molecule has 0 saturated heterocycles. The molecule has 0 radical (unpaired) electrons. The van der Waals surface area contributed by atoms with Crippen LogP contribution in [0.25, 0.3) is 16.8 Å². The van der Waals surface area contributed by atoms with Crippen molar-refractivity contribution in [1.29, 1.82) is 0 Å². The van der Waals surface area contributed by atoms with Crippen LogP contribution in [0.5, 0.6) is 0 Å². The lowest BCUT2D eigenvalue weighted by atomic mass is 10.1. The molecule has 1 aromatic carbocycles. The average Bonchev–Trinajstić information content (AvgIpc) is 3.04. The Kier molecular flexibility index (Phi) is 4.49. The molecule has 7 heteroatoms. The Morgan fingerprint density at radius 3 is 2.68 bits per heavy atom. The van der Waals surface area contributed by atoms with Gasteiger partial charge in [-0.1, -0.05) is 24.3 Å². The number of nitrogens with zero attached hydrogens (tertiary/aromatic N) is 3. The number of aromatic nitrogens is 3. The van der Waals surface area contributed by atoms with Gasteiger partial charge in [0, 0.05) is 23.8 Å². The number of hydrogen-bond donors (Lipinski definition) is 1. The molecule has 1 amide bonds. The maximum Gasteiger partial charge on any atom is 0.349 e. The lowest BCUT2D eigenvalue weighted by molar-refractivity contribution is 0.0947. The monoisotopic (exact) mass is 374 g/mol. The van der Waals surface area contributed by atoms with E-state index in [0.717, 1.165) is 17.0 Å². The van der Waals surface area contributed by atoms with E-state index in [1.54, 1.807) is 35.1 Å². The van der Waals surface area contributed by atoms with Crippen molar-refractivity contribution < 1.29 is 9.21 Å². The van der Waals surface area contributed by atoms with E-state index in [2.05, 4.69) is 15.4 Å². The first-order valence-electron chi connectivity index (χ1n) is 8.81. The standard InChI is InChI=1S/C21H18N4O3/c1-13-9-14(2)25(24-13)19-8-7-15(11-22-19)12-23-20(26)17-10-16-5-3-4-6-18(16)28-21(17)27/h3-11H,12H2,1-2H3,(H,23,26). The molecular weight excluding hydrogens is 356 g/mol. The Bertz CT molecular complexity index is 1220. The molecule has 0 atom stereocenters. The van der Waals surface area contributed by atoms with E-state index in [0.29, 0.717) is 16.8 Å². The molecule has 0 fully saturated rings. The summed E-state index contributed by atoms with van der Waals surface area (Å²) in [6.45, 7) is 4.14. The van der Waals surface area contributed by atoms with Gasteiger partial charge in [0.1, 0.15) is 11.1 Å². The number of aryl methyl sites for hydroxylation is 2.